The number of nitrogens with zero attached hydrogens (tertiary/aromatic N) is 1. The summed E-state index contributed by atoms with van der Waals surface area (Å²) >= 11 is 0. The van der Waals surface area contributed by atoms with Crippen molar-refractivity contribution in [2.24, 2.45) is 0 Å². The first-order valence-corrected chi connectivity index (χ1v) is 5.49. The summed E-state index contributed by atoms with van der Waals surface area (Å²) in [6.45, 7) is 8.56. The van der Waals surface area contributed by atoms with E-state index < -0.39 is 0 Å². The van der Waals surface area contributed by atoms with Gasteiger partial charge in [0, 0.05) is 0 Å². The van der Waals surface area contributed by atoms with E-state index >= 15 is 0 Å². The smallest absolute Gasteiger partial charge is 0.137 e. The summed E-state index contributed by atoms with van der Waals surface area (Å²) in [7, 11) is 0. The van der Waals surface area contributed by atoms with Gasteiger partial charge in [0.1, 0.15) is 6.29 Å². The highest BCUT2D eigenvalue weighted by Crippen LogP contribution is 2.06. The SMILES string of the molecule is CCCC(C=O)N(CCC)CCC. The van der Waals surface area contributed by atoms with Gasteiger partial charge in [-0.2, -0.15) is 0 Å². The Bertz CT molecular complexity index is 119. The van der Waals surface area contributed by atoms with Crippen LogP contribution in [0.1, 0.15) is 46.5 Å². The predicted molar refractivity (Wildman–Crippen MR) is 56.9 cm³/mol. The van der Waals surface area contributed by atoms with E-state index in [1.54, 1.807) is 0 Å². The molecule has 0 aromatic heterocycles. The predicted octanol–water partition coefficient (Wildman–Crippen LogP) is 2.48. The standard InChI is InChI=1S/C11H23NO/c1-4-7-11(10-13)12(8-5-2)9-6-3/h10-11H,4-9H2,1-3H3. The van der Waals surface area contributed by atoms with Gasteiger partial charge in [0.2, 0.25) is 0 Å². The summed E-state index contributed by atoms with van der Waals surface area (Å²) < 4.78 is 0. The Balaban J connectivity index is 4.02. The lowest BCUT2D eigenvalue weighted by Crippen LogP contribution is -2.37. The first-order chi connectivity index (χ1) is 6.29. The Labute approximate surface area is 82.3 Å². The maximum absolute atomic E-state index is 10.8. The average Bonchev–Trinajstić information content (AvgIpc) is 2.14. The van der Waals surface area contributed by atoms with E-state index in [1.165, 1.54) is 0 Å². The molecule has 0 radical (unpaired) electrons. The molecule has 0 amide bonds. The van der Waals surface area contributed by atoms with E-state index in [4.69, 9.17) is 0 Å². The summed E-state index contributed by atoms with van der Waals surface area (Å²) in [6.07, 6.45) is 5.47. The van der Waals surface area contributed by atoms with E-state index in [9.17, 15) is 4.79 Å². The van der Waals surface area contributed by atoms with Crippen molar-refractivity contribution in [2.45, 2.75) is 52.5 Å². The molecule has 1 atom stereocenters. The minimum absolute atomic E-state index is 0.157. The highest BCUT2D eigenvalue weighted by molar-refractivity contribution is 5.57. The first-order valence-electron chi connectivity index (χ1n) is 5.49. The molecule has 2 heteroatoms. The second-order valence-electron chi connectivity index (χ2n) is 3.53. The van der Waals surface area contributed by atoms with Crippen LogP contribution in [-0.4, -0.2) is 30.3 Å². The second kappa shape index (κ2) is 8.24. The number of carbonyl (C=O) groups is 1. The maximum Gasteiger partial charge on any atom is 0.137 e. The van der Waals surface area contributed by atoms with Crippen molar-refractivity contribution in [1.29, 1.82) is 0 Å². The fourth-order valence-electron chi connectivity index (χ4n) is 1.65. The normalized spacial score (nSPS) is 13.2. The Kier molecular flexibility index (Phi) is 8.00. The third kappa shape index (κ3) is 5.04. The zero-order valence-electron chi connectivity index (χ0n) is 9.25. The van der Waals surface area contributed by atoms with Crippen LogP contribution in [0, 0.1) is 0 Å². The van der Waals surface area contributed by atoms with Crippen LogP contribution < -0.4 is 0 Å². The average molecular weight is 185 g/mol. The third-order valence-corrected chi connectivity index (χ3v) is 2.23. The lowest BCUT2D eigenvalue weighted by molar-refractivity contribution is -0.112. The van der Waals surface area contributed by atoms with Crippen molar-refractivity contribution >= 4 is 6.29 Å². The number of hydrogen-bond acceptors (Lipinski definition) is 2. The molecule has 78 valence electrons. The van der Waals surface area contributed by atoms with Gasteiger partial charge in [0.15, 0.2) is 0 Å². The Morgan fingerprint density at radius 2 is 1.62 bits per heavy atom. The Morgan fingerprint density at radius 3 is 1.92 bits per heavy atom. The van der Waals surface area contributed by atoms with E-state index in [2.05, 4.69) is 25.7 Å². The molecule has 0 saturated heterocycles. The van der Waals surface area contributed by atoms with Gasteiger partial charge in [0.05, 0.1) is 6.04 Å². The Morgan fingerprint density at radius 1 is 1.08 bits per heavy atom. The molecule has 13 heavy (non-hydrogen) atoms. The quantitative estimate of drug-likeness (QED) is 0.541. The first kappa shape index (κ1) is 12.6. The zero-order chi connectivity index (χ0) is 10.1. The van der Waals surface area contributed by atoms with E-state index in [-0.39, 0.29) is 6.04 Å². The molecular weight excluding hydrogens is 162 g/mol. The molecule has 0 aromatic carbocycles. The van der Waals surface area contributed by atoms with Gasteiger partial charge in [0.25, 0.3) is 0 Å². The largest absolute Gasteiger partial charge is 0.302 e. The third-order valence-electron chi connectivity index (χ3n) is 2.23. The van der Waals surface area contributed by atoms with E-state index in [0.29, 0.717) is 0 Å². The molecule has 0 saturated carbocycles. The van der Waals surface area contributed by atoms with Crippen molar-refractivity contribution in [1.82, 2.24) is 4.90 Å². The van der Waals surface area contributed by atoms with E-state index in [1.807, 2.05) is 0 Å². The monoisotopic (exact) mass is 185 g/mol. The van der Waals surface area contributed by atoms with Crippen LogP contribution in [0.5, 0.6) is 0 Å². The van der Waals surface area contributed by atoms with Gasteiger partial charge >= 0.3 is 0 Å². The van der Waals surface area contributed by atoms with Crippen molar-refractivity contribution in [3.8, 4) is 0 Å². The molecule has 0 aromatic rings. The number of carbonyl (C=O) groups excluding carboxylic acids is 1. The Hall–Kier alpha value is -0.370. The van der Waals surface area contributed by atoms with E-state index in [0.717, 1.165) is 45.1 Å². The summed E-state index contributed by atoms with van der Waals surface area (Å²) in [5.74, 6) is 0. The lowest BCUT2D eigenvalue weighted by atomic mass is 10.1. The van der Waals surface area contributed by atoms with Gasteiger partial charge in [-0.05, 0) is 32.4 Å². The summed E-state index contributed by atoms with van der Waals surface area (Å²) in [5.41, 5.74) is 0. The highest BCUT2D eigenvalue weighted by Gasteiger charge is 2.14. The molecule has 0 spiro atoms. The van der Waals surface area contributed by atoms with Gasteiger partial charge in [-0.15, -0.1) is 0 Å². The molecule has 0 bridgehead atoms. The lowest BCUT2D eigenvalue weighted by Gasteiger charge is -2.26. The van der Waals surface area contributed by atoms with Gasteiger partial charge in [-0.25, -0.2) is 0 Å². The van der Waals surface area contributed by atoms with Crippen molar-refractivity contribution in [2.75, 3.05) is 13.1 Å². The van der Waals surface area contributed by atoms with Crippen molar-refractivity contribution in [3.05, 3.63) is 0 Å². The minimum Gasteiger partial charge on any atom is -0.302 e. The van der Waals surface area contributed by atoms with Crippen LogP contribution >= 0.6 is 0 Å². The van der Waals surface area contributed by atoms with Crippen LogP contribution in [-0.2, 0) is 4.79 Å². The van der Waals surface area contributed by atoms with Crippen LogP contribution in [0.3, 0.4) is 0 Å². The molecule has 0 aliphatic rings. The summed E-state index contributed by atoms with van der Waals surface area (Å²) in [6, 6.07) is 0.157. The molecule has 0 N–H and O–H groups in total. The molecule has 2 nitrogen and oxygen atoms in total. The minimum atomic E-state index is 0.157. The maximum atomic E-state index is 10.8. The van der Waals surface area contributed by atoms with Crippen molar-refractivity contribution in [3.63, 3.8) is 0 Å². The summed E-state index contributed by atoms with van der Waals surface area (Å²) in [5, 5.41) is 0. The molecule has 1 unspecified atom stereocenters. The number of rotatable bonds is 8. The summed E-state index contributed by atoms with van der Waals surface area (Å²) in [4.78, 5) is 13.1. The highest BCUT2D eigenvalue weighted by atomic mass is 16.1. The number of aldehydes is 1. The number of hydrogen-bond donors (Lipinski definition) is 0. The van der Waals surface area contributed by atoms with Crippen molar-refractivity contribution < 1.29 is 4.79 Å². The fourth-order valence-corrected chi connectivity index (χ4v) is 1.65. The second-order valence-corrected chi connectivity index (χ2v) is 3.53. The topological polar surface area (TPSA) is 20.3 Å². The van der Waals surface area contributed by atoms with Gasteiger partial charge in [-0.1, -0.05) is 27.2 Å². The van der Waals surface area contributed by atoms with Crippen LogP contribution in [0.25, 0.3) is 0 Å². The van der Waals surface area contributed by atoms with Crippen LogP contribution in [0.2, 0.25) is 0 Å². The van der Waals surface area contributed by atoms with Crippen LogP contribution in [0.4, 0.5) is 0 Å². The molecule has 0 heterocycles. The molecular formula is C11H23NO. The molecule has 0 fully saturated rings. The fraction of sp³-hybridized carbons (Fsp3) is 0.909. The molecule has 0 rings (SSSR count). The van der Waals surface area contributed by atoms with Gasteiger partial charge in [-0.3, -0.25) is 4.90 Å². The zero-order valence-corrected chi connectivity index (χ0v) is 9.25. The molecule has 0 aliphatic carbocycles. The van der Waals surface area contributed by atoms with Gasteiger partial charge < -0.3 is 4.79 Å². The molecule has 0 aliphatic heterocycles. The van der Waals surface area contributed by atoms with Crippen LogP contribution in [0.15, 0.2) is 0 Å².